The van der Waals surface area contributed by atoms with Crippen molar-refractivity contribution < 1.29 is 28.7 Å². The summed E-state index contributed by atoms with van der Waals surface area (Å²) in [5.74, 6) is 1.53. The molecule has 8 nitrogen and oxygen atoms in total. The summed E-state index contributed by atoms with van der Waals surface area (Å²) in [6, 6.07) is 4.64. The van der Waals surface area contributed by atoms with E-state index in [0.717, 1.165) is 24.6 Å². The van der Waals surface area contributed by atoms with Gasteiger partial charge in [0.2, 0.25) is 0 Å². The van der Waals surface area contributed by atoms with E-state index in [-0.39, 0.29) is 13.2 Å². The maximum Gasteiger partial charge on any atom is 0.431 e. The number of carbonyl (C=O) groups excluding carboxylic acids is 2. The van der Waals surface area contributed by atoms with Crippen molar-refractivity contribution in [2.75, 3.05) is 47.5 Å². The van der Waals surface area contributed by atoms with Gasteiger partial charge in [0.25, 0.3) is 0 Å². The number of nitrogens with zero attached hydrogens (tertiary/aromatic N) is 2. The number of hydrogen-bond acceptors (Lipinski definition) is 7. The first-order valence-corrected chi connectivity index (χ1v) is 8.91. The van der Waals surface area contributed by atoms with Gasteiger partial charge >= 0.3 is 12.2 Å². The number of rotatable bonds is 4. The van der Waals surface area contributed by atoms with Crippen LogP contribution in [0.5, 0.6) is 0 Å². The smallest absolute Gasteiger partial charge is 0.431 e. The van der Waals surface area contributed by atoms with E-state index >= 15 is 0 Å². The number of halogens is 1. The molecule has 2 aliphatic rings. The minimum atomic E-state index is -1.04. The molecule has 2 N–H and O–H groups in total. The molecule has 3 rings (SSSR count). The van der Waals surface area contributed by atoms with Gasteiger partial charge in [0.1, 0.15) is 12.4 Å². The Hall–Kier alpha value is -2.20. The highest BCUT2D eigenvalue weighted by atomic mass is 32.2. The first-order valence-electron chi connectivity index (χ1n) is 7.75. The molecular weight excluding hydrogens is 353 g/mol. The van der Waals surface area contributed by atoms with Crippen molar-refractivity contribution in [1.82, 2.24) is 5.48 Å². The van der Waals surface area contributed by atoms with Crippen molar-refractivity contribution in [2.45, 2.75) is 6.10 Å². The summed E-state index contributed by atoms with van der Waals surface area (Å²) in [7, 11) is 0. The molecule has 2 aliphatic heterocycles. The Labute approximate surface area is 147 Å². The van der Waals surface area contributed by atoms with E-state index in [9.17, 15) is 14.0 Å². The predicted molar refractivity (Wildman–Crippen MR) is 89.8 cm³/mol. The van der Waals surface area contributed by atoms with Crippen LogP contribution in [-0.2, 0) is 9.47 Å². The molecule has 2 amide bonds. The molecule has 0 unspecified atom stereocenters. The Morgan fingerprint density at radius 2 is 2.20 bits per heavy atom. The molecule has 2 heterocycles. The van der Waals surface area contributed by atoms with Gasteiger partial charge < -0.3 is 14.4 Å². The number of hydrogen-bond donors (Lipinski definition) is 2. The lowest BCUT2D eigenvalue weighted by atomic mass is 10.2. The number of nitrogens with one attached hydrogen (secondary N) is 1. The van der Waals surface area contributed by atoms with Gasteiger partial charge in [0.05, 0.1) is 17.9 Å². The maximum absolute atomic E-state index is 14.5. The van der Waals surface area contributed by atoms with Crippen LogP contribution in [0.15, 0.2) is 18.2 Å². The molecule has 0 aromatic heterocycles. The van der Waals surface area contributed by atoms with Crippen LogP contribution in [0.2, 0.25) is 0 Å². The third kappa shape index (κ3) is 4.07. The lowest BCUT2D eigenvalue weighted by Gasteiger charge is -2.29. The monoisotopic (exact) mass is 371 g/mol. The van der Waals surface area contributed by atoms with Crippen LogP contribution in [0, 0.1) is 5.82 Å². The normalized spacial score (nSPS) is 20.4. The van der Waals surface area contributed by atoms with Crippen molar-refractivity contribution in [3.05, 3.63) is 24.0 Å². The molecule has 0 aliphatic carbocycles. The fraction of sp³-hybridized carbons (Fsp3) is 0.467. The lowest BCUT2D eigenvalue weighted by Crippen LogP contribution is -2.33. The number of benzene rings is 1. The highest BCUT2D eigenvalue weighted by Gasteiger charge is 2.33. The van der Waals surface area contributed by atoms with Crippen molar-refractivity contribution in [3.8, 4) is 0 Å². The fourth-order valence-electron chi connectivity index (χ4n) is 2.74. The molecule has 25 heavy (non-hydrogen) atoms. The van der Waals surface area contributed by atoms with Gasteiger partial charge in [-0.1, -0.05) is 0 Å². The van der Waals surface area contributed by atoms with Crippen molar-refractivity contribution in [1.29, 1.82) is 0 Å². The second-order valence-electron chi connectivity index (χ2n) is 5.56. The van der Waals surface area contributed by atoms with E-state index in [0.29, 0.717) is 11.4 Å². The van der Waals surface area contributed by atoms with Crippen LogP contribution in [0.25, 0.3) is 0 Å². The minimum Gasteiger partial charge on any atom is -0.444 e. The Morgan fingerprint density at radius 3 is 2.88 bits per heavy atom. The second kappa shape index (κ2) is 7.79. The van der Waals surface area contributed by atoms with Gasteiger partial charge in [0, 0.05) is 24.6 Å². The van der Waals surface area contributed by atoms with Crippen LogP contribution in [-0.4, -0.2) is 61.2 Å². The summed E-state index contributed by atoms with van der Waals surface area (Å²) in [5.41, 5.74) is 2.22. The van der Waals surface area contributed by atoms with Crippen LogP contribution in [0.3, 0.4) is 0 Å². The average Bonchev–Trinajstić information content (AvgIpc) is 3.01. The highest BCUT2D eigenvalue weighted by molar-refractivity contribution is 7.99. The molecule has 2 saturated heterocycles. The van der Waals surface area contributed by atoms with E-state index in [2.05, 4.69) is 4.74 Å². The van der Waals surface area contributed by atoms with Crippen molar-refractivity contribution >= 4 is 35.3 Å². The van der Waals surface area contributed by atoms with Gasteiger partial charge in [-0.15, -0.1) is 0 Å². The average molecular weight is 371 g/mol. The molecule has 136 valence electrons. The van der Waals surface area contributed by atoms with E-state index in [4.69, 9.17) is 9.94 Å². The second-order valence-corrected chi connectivity index (χ2v) is 6.79. The van der Waals surface area contributed by atoms with Gasteiger partial charge in [-0.2, -0.15) is 11.8 Å². The molecule has 1 aromatic rings. The fourth-order valence-corrected chi connectivity index (χ4v) is 3.65. The predicted octanol–water partition coefficient (Wildman–Crippen LogP) is 1.82. The molecule has 1 aromatic carbocycles. The number of carbonyl (C=O) groups is 2. The highest BCUT2D eigenvalue weighted by Crippen LogP contribution is 2.29. The molecule has 0 radical (unpaired) electrons. The number of ether oxygens (including phenoxy) is 2. The molecule has 0 spiro atoms. The SMILES string of the molecule is O=C(NO)OC[C@H]1CN(c2ccc(N3CCSCC3)c(F)c2)C(=O)O1. The third-order valence-corrected chi connectivity index (χ3v) is 4.90. The van der Waals surface area contributed by atoms with Gasteiger partial charge in [-0.05, 0) is 18.2 Å². The Kier molecular flexibility index (Phi) is 5.49. The summed E-state index contributed by atoms with van der Waals surface area (Å²) >= 11 is 1.84. The topological polar surface area (TPSA) is 91.3 Å². The van der Waals surface area contributed by atoms with E-state index in [1.165, 1.54) is 16.4 Å². The summed E-state index contributed by atoms with van der Waals surface area (Å²) < 4.78 is 24.2. The Bertz CT molecular complexity index is 656. The number of cyclic esters (lactones) is 1. The number of anilines is 2. The number of thioether (sulfide) groups is 1. The van der Waals surface area contributed by atoms with Crippen LogP contribution < -0.4 is 15.3 Å². The zero-order valence-electron chi connectivity index (χ0n) is 13.3. The Balaban J connectivity index is 1.66. The van der Waals surface area contributed by atoms with Gasteiger partial charge in [-0.3, -0.25) is 10.1 Å². The van der Waals surface area contributed by atoms with Crippen LogP contribution in [0.1, 0.15) is 0 Å². The van der Waals surface area contributed by atoms with Crippen molar-refractivity contribution in [3.63, 3.8) is 0 Å². The van der Waals surface area contributed by atoms with Crippen LogP contribution in [0.4, 0.5) is 25.4 Å². The summed E-state index contributed by atoms with van der Waals surface area (Å²) in [6.07, 6.45) is -2.37. The largest absolute Gasteiger partial charge is 0.444 e. The first-order chi connectivity index (χ1) is 12.1. The first kappa shape index (κ1) is 17.6. The van der Waals surface area contributed by atoms with Crippen molar-refractivity contribution in [2.24, 2.45) is 0 Å². The number of hydroxylamine groups is 1. The maximum atomic E-state index is 14.5. The van der Waals surface area contributed by atoms with E-state index < -0.39 is 24.1 Å². The molecule has 0 saturated carbocycles. The lowest BCUT2D eigenvalue weighted by molar-refractivity contribution is 0.0503. The summed E-state index contributed by atoms with van der Waals surface area (Å²) in [6.45, 7) is 1.50. The molecule has 10 heteroatoms. The summed E-state index contributed by atoms with van der Waals surface area (Å²) in [4.78, 5) is 26.1. The van der Waals surface area contributed by atoms with Gasteiger partial charge in [0.15, 0.2) is 6.10 Å². The zero-order valence-corrected chi connectivity index (χ0v) is 14.1. The van der Waals surface area contributed by atoms with E-state index in [1.807, 2.05) is 16.7 Å². The standard InChI is InChI=1S/C15H18FN3O5S/c16-12-7-10(1-2-13(12)18-3-5-25-6-4-18)19-8-11(24-15(19)21)9-23-14(20)17-22/h1-2,7,11,22H,3-6,8-9H2,(H,17,20)/t11-/m1/s1. The summed E-state index contributed by atoms with van der Waals surface area (Å²) in [5, 5.41) is 8.37. The molecule has 1 atom stereocenters. The third-order valence-electron chi connectivity index (χ3n) is 3.96. The van der Waals surface area contributed by atoms with Crippen LogP contribution >= 0.6 is 11.8 Å². The quantitative estimate of drug-likeness (QED) is 0.616. The minimum absolute atomic E-state index is 0.122. The molecule has 2 fully saturated rings. The van der Waals surface area contributed by atoms with E-state index in [1.54, 1.807) is 12.1 Å². The molecular formula is C15H18FN3O5S. The van der Waals surface area contributed by atoms with Gasteiger partial charge in [-0.25, -0.2) is 19.5 Å². The number of amides is 2. The molecule has 0 bridgehead atoms. The zero-order chi connectivity index (χ0) is 17.8. The Morgan fingerprint density at radius 1 is 1.44 bits per heavy atom.